The molecule has 5 heteroatoms. The average Bonchev–Trinajstić information content (AvgIpc) is 2.85. The van der Waals surface area contributed by atoms with Gasteiger partial charge in [0.1, 0.15) is 6.04 Å². The van der Waals surface area contributed by atoms with Crippen LogP contribution < -0.4 is 5.32 Å². The summed E-state index contributed by atoms with van der Waals surface area (Å²) < 4.78 is 0. The lowest BCUT2D eigenvalue weighted by Gasteiger charge is -2.32. The van der Waals surface area contributed by atoms with Crippen molar-refractivity contribution in [2.45, 2.75) is 58.0 Å². The lowest BCUT2D eigenvalue weighted by Crippen LogP contribution is -2.51. The predicted octanol–water partition coefficient (Wildman–Crippen LogP) is 5.78. The van der Waals surface area contributed by atoms with Crippen LogP contribution in [0.5, 0.6) is 0 Å². The zero-order valence-electron chi connectivity index (χ0n) is 20.9. The van der Waals surface area contributed by atoms with Gasteiger partial charge in [0.05, 0.1) is 0 Å². The summed E-state index contributed by atoms with van der Waals surface area (Å²) >= 11 is 1.75. The smallest absolute Gasteiger partial charge is 0.243 e. The van der Waals surface area contributed by atoms with Crippen LogP contribution in [0.4, 0.5) is 0 Å². The van der Waals surface area contributed by atoms with E-state index >= 15 is 0 Å². The van der Waals surface area contributed by atoms with Gasteiger partial charge in [-0.3, -0.25) is 9.59 Å². The highest BCUT2D eigenvalue weighted by Crippen LogP contribution is 2.19. The van der Waals surface area contributed by atoms with Gasteiger partial charge in [0.15, 0.2) is 0 Å². The summed E-state index contributed by atoms with van der Waals surface area (Å²) in [7, 11) is 0. The summed E-state index contributed by atoms with van der Waals surface area (Å²) in [5.41, 5.74) is 4.46. The molecule has 0 fully saturated rings. The molecule has 0 spiro atoms. The fraction of sp³-hybridized carbons (Fsp3) is 0.333. The molecule has 0 aliphatic heterocycles. The number of rotatable bonds is 12. The minimum absolute atomic E-state index is 0.00174. The predicted molar refractivity (Wildman–Crippen MR) is 146 cm³/mol. The summed E-state index contributed by atoms with van der Waals surface area (Å²) in [5.74, 6) is 1.48. The molecule has 0 aromatic heterocycles. The molecule has 0 heterocycles. The van der Waals surface area contributed by atoms with Crippen LogP contribution in [0.15, 0.2) is 84.9 Å². The van der Waals surface area contributed by atoms with Crippen LogP contribution in [-0.4, -0.2) is 34.6 Å². The summed E-state index contributed by atoms with van der Waals surface area (Å²) in [6, 6.07) is 27.8. The molecule has 1 unspecified atom stereocenters. The Balaban J connectivity index is 1.79. The second-order valence-corrected chi connectivity index (χ2v) is 10.3. The Hall–Kier alpha value is -3.05. The molecular formula is C30H36N2O2S. The fourth-order valence-electron chi connectivity index (χ4n) is 4.01. The first-order chi connectivity index (χ1) is 16.9. The van der Waals surface area contributed by atoms with E-state index in [0.717, 1.165) is 22.4 Å². The molecule has 184 valence electrons. The molecule has 4 nitrogen and oxygen atoms in total. The minimum Gasteiger partial charge on any atom is -0.352 e. The highest BCUT2D eigenvalue weighted by Gasteiger charge is 2.30. The van der Waals surface area contributed by atoms with Crippen molar-refractivity contribution in [3.8, 4) is 0 Å². The second kappa shape index (κ2) is 13.7. The summed E-state index contributed by atoms with van der Waals surface area (Å²) in [6.45, 7) is 6.35. The van der Waals surface area contributed by atoms with Gasteiger partial charge in [-0.1, -0.05) is 90.5 Å². The first-order valence-electron chi connectivity index (χ1n) is 12.2. The Bertz CT molecular complexity index is 1070. The van der Waals surface area contributed by atoms with Crippen LogP contribution in [0.2, 0.25) is 0 Å². The molecule has 0 radical (unpaired) electrons. The number of nitrogens with one attached hydrogen (secondary N) is 1. The molecule has 3 aromatic carbocycles. The van der Waals surface area contributed by atoms with Gasteiger partial charge in [-0.2, -0.15) is 11.8 Å². The minimum atomic E-state index is -0.577. The number of carbonyl (C=O) groups is 2. The molecule has 1 N–H and O–H groups in total. The van der Waals surface area contributed by atoms with Crippen LogP contribution in [0, 0.1) is 6.92 Å². The van der Waals surface area contributed by atoms with Gasteiger partial charge in [0.2, 0.25) is 11.8 Å². The van der Waals surface area contributed by atoms with E-state index in [2.05, 4.69) is 23.5 Å². The molecule has 35 heavy (non-hydrogen) atoms. The topological polar surface area (TPSA) is 49.4 Å². The summed E-state index contributed by atoms with van der Waals surface area (Å²) in [6.07, 6.45) is 0.873. The number of hydrogen-bond donors (Lipinski definition) is 1. The third-order valence-electron chi connectivity index (χ3n) is 5.71. The van der Waals surface area contributed by atoms with Crippen LogP contribution in [0.3, 0.4) is 0 Å². The van der Waals surface area contributed by atoms with Gasteiger partial charge in [-0.15, -0.1) is 0 Å². The SMILES string of the molecule is Cc1cccc(CN(C(=O)CCSCc2ccccc2)C(Cc2ccccc2)C(=O)NC(C)C)c1. The maximum Gasteiger partial charge on any atom is 0.243 e. The van der Waals surface area contributed by atoms with E-state index in [0.29, 0.717) is 25.1 Å². The number of amides is 2. The average molecular weight is 489 g/mol. The Morgan fingerprint density at radius 2 is 1.49 bits per heavy atom. The highest BCUT2D eigenvalue weighted by atomic mass is 32.2. The molecule has 3 aromatic rings. The van der Waals surface area contributed by atoms with Gasteiger partial charge in [-0.25, -0.2) is 0 Å². The number of hydrogen-bond acceptors (Lipinski definition) is 3. The zero-order valence-corrected chi connectivity index (χ0v) is 21.8. The van der Waals surface area contributed by atoms with Gasteiger partial charge < -0.3 is 10.2 Å². The van der Waals surface area contributed by atoms with Crippen molar-refractivity contribution >= 4 is 23.6 Å². The quantitative estimate of drug-likeness (QED) is 0.329. The lowest BCUT2D eigenvalue weighted by atomic mass is 10.0. The van der Waals surface area contributed by atoms with E-state index < -0.39 is 6.04 Å². The molecule has 0 saturated heterocycles. The molecule has 2 amide bonds. The van der Waals surface area contributed by atoms with Crippen LogP contribution in [0.1, 0.15) is 42.5 Å². The zero-order chi connectivity index (χ0) is 25.0. The monoisotopic (exact) mass is 488 g/mol. The van der Waals surface area contributed by atoms with Gasteiger partial charge in [0, 0.05) is 36.9 Å². The Morgan fingerprint density at radius 3 is 2.11 bits per heavy atom. The Morgan fingerprint density at radius 1 is 0.857 bits per heavy atom. The van der Waals surface area contributed by atoms with E-state index in [1.807, 2.05) is 87.5 Å². The Kier molecular flexibility index (Phi) is 10.4. The van der Waals surface area contributed by atoms with Crippen molar-refractivity contribution in [2.75, 3.05) is 5.75 Å². The number of carbonyl (C=O) groups excluding carboxylic acids is 2. The lowest BCUT2D eigenvalue weighted by molar-refractivity contribution is -0.141. The van der Waals surface area contributed by atoms with Crippen LogP contribution in [0.25, 0.3) is 0 Å². The number of nitrogens with zero attached hydrogens (tertiary/aromatic N) is 1. The number of thioether (sulfide) groups is 1. The molecule has 1 atom stereocenters. The van der Waals surface area contributed by atoms with E-state index in [1.165, 1.54) is 5.56 Å². The normalized spacial score (nSPS) is 11.8. The molecule has 0 saturated carbocycles. The molecular weight excluding hydrogens is 452 g/mol. The maximum atomic E-state index is 13.6. The van der Waals surface area contributed by atoms with Gasteiger partial charge in [0.25, 0.3) is 0 Å². The molecule has 0 aliphatic carbocycles. The fourth-order valence-corrected chi connectivity index (χ4v) is 4.90. The third-order valence-corrected chi connectivity index (χ3v) is 6.74. The largest absolute Gasteiger partial charge is 0.352 e. The maximum absolute atomic E-state index is 13.6. The molecule has 0 bridgehead atoms. The van der Waals surface area contributed by atoms with E-state index in [-0.39, 0.29) is 17.9 Å². The van der Waals surface area contributed by atoms with E-state index in [1.54, 1.807) is 16.7 Å². The summed E-state index contributed by atoms with van der Waals surface area (Å²) in [4.78, 5) is 28.7. The first kappa shape index (κ1) is 26.6. The highest BCUT2D eigenvalue weighted by molar-refractivity contribution is 7.98. The van der Waals surface area contributed by atoms with E-state index in [9.17, 15) is 9.59 Å². The second-order valence-electron chi connectivity index (χ2n) is 9.17. The Labute approximate surface area is 214 Å². The molecule has 0 aliphatic rings. The van der Waals surface area contributed by atoms with Crippen molar-refractivity contribution in [1.29, 1.82) is 0 Å². The third kappa shape index (κ3) is 8.91. The van der Waals surface area contributed by atoms with Crippen molar-refractivity contribution < 1.29 is 9.59 Å². The van der Waals surface area contributed by atoms with Gasteiger partial charge >= 0.3 is 0 Å². The van der Waals surface area contributed by atoms with Crippen molar-refractivity contribution in [2.24, 2.45) is 0 Å². The van der Waals surface area contributed by atoms with Crippen LogP contribution in [-0.2, 0) is 28.3 Å². The number of aryl methyl sites for hydroxylation is 1. The van der Waals surface area contributed by atoms with Gasteiger partial charge in [-0.05, 0) is 37.5 Å². The van der Waals surface area contributed by atoms with Crippen molar-refractivity contribution in [3.05, 3.63) is 107 Å². The van der Waals surface area contributed by atoms with Crippen molar-refractivity contribution in [3.63, 3.8) is 0 Å². The first-order valence-corrected chi connectivity index (χ1v) is 13.4. The van der Waals surface area contributed by atoms with Crippen molar-refractivity contribution in [1.82, 2.24) is 10.2 Å². The van der Waals surface area contributed by atoms with Crippen LogP contribution >= 0.6 is 11.8 Å². The number of benzene rings is 3. The molecule has 3 rings (SSSR count). The van der Waals surface area contributed by atoms with E-state index in [4.69, 9.17) is 0 Å². The summed E-state index contributed by atoms with van der Waals surface area (Å²) in [5, 5.41) is 3.05. The standard InChI is InChI=1S/C30H36N2O2S/c1-23(2)31-30(34)28(20-25-12-6-4-7-13-25)32(21-27-16-10-11-24(3)19-27)29(33)17-18-35-22-26-14-8-5-9-15-26/h4-16,19,23,28H,17-18,20-22H2,1-3H3,(H,31,34).